The van der Waals surface area contributed by atoms with Crippen LogP contribution in [-0.4, -0.2) is 16.6 Å². The maximum absolute atomic E-state index is 5.30. The molecular weight excluding hydrogens is 298 g/mol. The van der Waals surface area contributed by atoms with Crippen molar-refractivity contribution in [3.8, 4) is 0 Å². The first-order chi connectivity index (χ1) is 10.3. The lowest BCUT2D eigenvalue weighted by Gasteiger charge is -2.08. The van der Waals surface area contributed by atoms with E-state index >= 15 is 0 Å². The van der Waals surface area contributed by atoms with Crippen molar-refractivity contribution >= 4 is 44.0 Å². The lowest BCUT2D eigenvalue weighted by atomic mass is 10.1. The molecule has 21 heavy (non-hydrogen) atoms. The number of hydrogen-bond acceptors (Lipinski definition) is 3. The Labute approximate surface area is 133 Å². The Morgan fingerprint density at radius 3 is 2.62 bits per heavy atom. The summed E-state index contributed by atoms with van der Waals surface area (Å²) in [5, 5.41) is 7.80. The fourth-order valence-corrected chi connectivity index (χ4v) is 3.17. The predicted octanol–water partition coefficient (Wildman–Crippen LogP) is 3.83. The van der Waals surface area contributed by atoms with Gasteiger partial charge in [-0.2, -0.15) is 0 Å². The lowest BCUT2D eigenvalue weighted by Crippen LogP contribution is -2.30. The molecule has 0 saturated carbocycles. The largest absolute Gasteiger partial charge is 0.362 e. The SMILES string of the molecule is S=C(NCCc1ccccc1)Nc1nc2ccccc2s1. The number of nitrogens with one attached hydrogen (secondary N) is 2. The summed E-state index contributed by atoms with van der Waals surface area (Å²) in [5.41, 5.74) is 2.30. The molecule has 2 aromatic carbocycles. The third-order valence-corrected chi connectivity index (χ3v) is 4.25. The van der Waals surface area contributed by atoms with Crippen LogP contribution in [0, 0.1) is 0 Å². The van der Waals surface area contributed by atoms with E-state index in [-0.39, 0.29) is 0 Å². The molecule has 106 valence electrons. The van der Waals surface area contributed by atoms with Gasteiger partial charge in [0.15, 0.2) is 10.2 Å². The van der Waals surface area contributed by atoms with Crippen molar-refractivity contribution in [2.75, 3.05) is 11.9 Å². The average Bonchev–Trinajstić information content (AvgIpc) is 2.90. The van der Waals surface area contributed by atoms with Gasteiger partial charge in [0.25, 0.3) is 0 Å². The number of thiocarbonyl (C=S) groups is 1. The molecule has 0 atom stereocenters. The van der Waals surface area contributed by atoms with Crippen LogP contribution in [0.25, 0.3) is 10.2 Å². The number of benzene rings is 2. The third kappa shape index (κ3) is 3.77. The van der Waals surface area contributed by atoms with Crippen LogP contribution in [-0.2, 0) is 6.42 Å². The van der Waals surface area contributed by atoms with E-state index in [0.29, 0.717) is 5.11 Å². The first kappa shape index (κ1) is 14.0. The van der Waals surface area contributed by atoms with Gasteiger partial charge in [0, 0.05) is 6.54 Å². The summed E-state index contributed by atoms with van der Waals surface area (Å²) in [6, 6.07) is 18.4. The first-order valence-corrected chi connectivity index (χ1v) is 7.98. The molecule has 1 heterocycles. The van der Waals surface area contributed by atoms with Crippen LogP contribution in [0.4, 0.5) is 5.13 Å². The number of para-hydroxylation sites is 1. The summed E-state index contributed by atoms with van der Waals surface area (Å²) in [7, 11) is 0. The van der Waals surface area contributed by atoms with Crippen LogP contribution >= 0.6 is 23.6 Å². The number of hydrogen-bond donors (Lipinski definition) is 2. The summed E-state index contributed by atoms with van der Waals surface area (Å²) >= 11 is 6.91. The second kappa shape index (κ2) is 6.65. The average molecular weight is 313 g/mol. The van der Waals surface area contributed by atoms with Gasteiger partial charge in [0.2, 0.25) is 0 Å². The molecule has 3 nitrogen and oxygen atoms in total. The number of fused-ring (bicyclic) bond motifs is 1. The standard InChI is InChI=1S/C16H15N3S2/c20-15(17-11-10-12-6-2-1-3-7-12)19-16-18-13-8-4-5-9-14(13)21-16/h1-9H,10-11H2,(H2,17,18,19,20). The highest BCUT2D eigenvalue weighted by molar-refractivity contribution is 7.80. The van der Waals surface area contributed by atoms with Crippen LogP contribution in [0.2, 0.25) is 0 Å². The smallest absolute Gasteiger partial charge is 0.190 e. The van der Waals surface area contributed by atoms with Gasteiger partial charge >= 0.3 is 0 Å². The van der Waals surface area contributed by atoms with Crippen molar-refractivity contribution in [2.24, 2.45) is 0 Å². The molecule has 0 fully saturated rings. The molecule has 0 radical (unpaired) electrons. The maximum Gasteiger partial charge on any atom is 0.190 e. The van der Waals surface area contributed by atoms with E-state index in [9.17, 15) is 0 Å². The highest BCUT2D eigenvalue weighted by atomic mass is 32.1. The molecule has 0 amide bonds. The van der Waals surface area contributed by atoms with E-state index in [2.05, 4.69) is 33.8 Å². The Hall–Kier alpha value is -1.98. The molecule has 3 aromatic rings. The third-order valence-electron chi connectivity index (χ3n) is 3.06. The van der Waals surface area contributed by atoms with Crippen LogP contribution in [0.3, 0.4) is 0 Å². The quantitative estimate of drug-likeness (QED) is 0.718. The van der Waals surface area contributed by atoms with Crippen molar-refractivity contribution in [3.63, 3.8) is 0 Å². The Bertz CT molecular complexity index is 704. The minimum Gasteiger partial charge on any atom is -0.362 e. The lowest BCUT2D eigenvalue weighted by molar-refractivity contribution is 0.873. The molecule has 2 N–H and O–H groups in total. The zero-order valence-corrected chi connectivity index (χ0v) is 13.0. The number of rotatable bonds is 4. The Morgan fingerprint density at radius 1 is 1.05 bits per heavy atom. The molecule has 0 unspecified atom stereocenters. The molecule has 0 aliphatic heterocycles. The topological polar surface area (TPSA) is 37.0 Å². The van der Waals surface area contributed by atoms with E-state index in [1.165, 1.54) is 5.56 Å². The van der Waals surface area contributed by atoms with Gasteiger partial charge < -0.3 is 10.6 Å². The van der Waals surface area contributed by atoms with Gasteiger partial charge in [-0.1, -0.05) is 53.8 Å². The van der Waals surface area contributed by atoms with Crippen molar-refractivity contribution in [3.05, 3.63) is 60.2 Å². The van der Waals surface area contributed by atoms with Crippen LogP contribution < -0.4 is 10.6 Å². The van der Waals surface area contributed by atoms with Crippen LogP contribution in [0.15, 0.2) is 54.6 Å². The molecule has 0 bridgehead atoms. The maximum atomic E-state index is 5.30. The number of thiazole rings is 1. The molecule has 0 spiro atoms. The van der Waals surface area contributed by atoms with E-state index in [1.54, 1.807) is 11.3 Å². The monoisotopic (exact) mass is 313 g/mol. The molecule has 0 aliphatic rings. The molecule has 0 saturated heterocycles. The molecule has 0 aliphatic carbocycles. The molecule has 1 aromatic heterocycles. The van der Waals surface area contributed by atoms with Crippen molar-refractivity contribution in [1.82, 2.24) is 10.3 Å². The van der Waals surface area contributed by atoms with Gasteiger partial charge in [0.05, 0.1) is 10.2 Å². The number of nitrogens with zero attached hydrogens (tertiary/aromatic N) is 1. The van der Waals surface area contributed by atoms with Gasteiger partial charge in [-0.25, -0.2) is 4.98 Å². The predicted molar refractivity (Wildman–Crippen MR) is 94.0 cm³/mol. The van der Waals surface area contributed by atoms with E-state index < -0.39 is 0 Å². The highest BCUT2D eigenvalue weighted by Gasteiger charge is 2.04. The summed E-state index contributed by atoms with van der Waals surface area (Å²) in [5.74, 6) is 0. The van der Waals surface area contributed by atoms with Gasteiger partial charge in [0.1, 0.15) is 0 Å². The normalized spacial score (nSPS) is 10.5. The summed E-state index contributed by atoms with van der Waals surface area (Å²) < 4.78 is 1.16. The fourth-order valence-electron chi connectivity index (χ4n) is 2.03. The highest BCUT2D eigenvalue weighted by Crippen LogP contribution is 2.25. The minimum atomic E-state index is 0.616. The van der Waals surface area contributed by atoms with Gasteiger partial charge in [-0.05, 0) is 36.3 Å². The number of aromatic nitrogens is 1. The van der Waals surface area contributed by atoms with Crippen LogP contribution in [0.1, 0.15) is 5.56 Å². The van der Waals surface area contributed by atoms with Crippen LogP contribution in [0.5, 0.6) is 0 Å². The zero-order valence-electron chi connectivity index (χ0n) is 11.4. The summed E-state index contributed by atoms with van der Waals surface area (Å²) in [6.45, 7) is 0.806. The Morgan fingerprint density at radius 2 is 1.81 bits per heavy atom. The van der Waals surface area contributed by atoms with E-state index in [0.717, 1.165) is 28.3 Å². The fraction of sp³-hybridized carbons (Fsp3) is 0.125. The molecule has 5 heteroatoms. The van der Waals surface area contributed by atoms with E-state index in [4.69, 9.17) is 12.2 Å². The molecular formula is C16H15N3S2. The Balaban J connectivity index is 1.52. The zero-order chi connectivity index (χ0) is 14.5. The Kier molecular flexibility index (Phi) is 4.43. The second-order valence-electron chi connectivity index (χ2n) is 4.60. The minimum absolute atomic E-state index is 0.616. The van der Waals surface area contributed by atoms with Gasteiger partial charge in [-0.15, -0.1) is 0 Å². The molecule has 3 rings (SSSR count). The van der Waals surface area contributed by atoms with Crippen molar-refractivity contribution < 1.29 is 0 Å². The summed E-state index contributed by atoms with van der Waals surface area (Å²) in [4.78, 5) is 4.50. The number of anilines is 1. The summed E-state index contributed by atoms with van der Waals surface area (Å²) in [6.07, 6.45) is 0.947. The van der Waals surface area contributed by atoms with Crippen molar-refractivity contribution in [2.45, 2.75) is 6.42 Å². The second-order valence-corrected chi connectivity index (χ2v) is 6.04. The van der Waals surface area contributed by atoms with E-state index in [1.807, 2.05) is 36.4 Å². The first-order valence-electron chi connectivity index (χ1n) is 6.75. The van der Waals surface area contributed by atoms with Gasteiger partial charge in [-0.3, -0.25) is 0 Å². The van der Waals surface area contributed by atoms with Crippen molar-refractivity contribution in [1.29, 1.82) is 0 Å².